The van der Waals surface area contributed by atoms with Gasteiger partial charge in [0.1, 0.15) is 5.82 Å². The zero-order valence-corrected chi connectivity index (χ0v) is 23.0. The van der Waals surface area contributed by atoms with E-state index in [1.807, 2.05) is 18.2 Å². The normalized spacial score (nSPS) is 17.2. The van der Waals surface area contributed by atoms with Crippen molar-refractivity contribution >= 4 is 11.6 Å². The van der Waals surface area contributed by atoms with Gasteiger partial charge in [0.25, 0.3) is 0 Å². The van der Waals surface area contributed by atoms with Crippen molar-refractivity contribution in [3.63, 3.8) is 0 Å². The lowest BCUT2D eigenvalue weighted by Gasteiger charge is -2.35. The van der Waals surface area contributed by atoms with E-state index in [0.29, 0.717) is 12.8 Å². The standard InChI is InChI=1S/C33H34F3N3O/c1-4-32(5-2,25-17-15-23(16-18-25)26-14-10-9-11-22(26)3)20-29(40)27-21-37-39-30(33(34,35)36)19-28(38-31(27)39)24-12-7-6-8-13-24/h6-18,21,28,30,38H,4-5,19-20H2,1-3H3. The summed E-state index contributed by atoms with van der Waals surface area (Å²) in [6.07, 6.45) is -1.78. The first kappa shape index (κ1) is 27.7. The smallest absolute Gasteiger partial charge is 0.363 e. The third-order valence-corrected chi connectivity index (χ3v) is 8.55. The van der Waals surface area contributed by atoms with Gasteiger partial charge in [0.2, 0.25) is 0 Å². The van der Waals surface area contributed by atoms with Crippen molar-refractivity contribution in [2.45, 2.75) is 70.1 Å². The highest BCUT2D eigenvalue weighted by Crippen LogP contribution is 2.45. The van der Waals surface area contributed by atoms with Crippen LogP contribution in [0.1, 0.15) is 78.7 Å². The first-order valence-corrected chi connectivity index (χ1v) is 13.8. The molecule has 0 aliphatic carbocycles. The number of benzene rings is 3. The first-order chi connectivity index (χ1) is 19.2. The van der Waals surface area contributed by atoms with Gasteiger partial charge >= 0.3 is 6.18 Å². The van der Waals surface area contributed by atoms with E-state index in [9.17, 15) is 18.0 Å². The van der Waals surface area contributed by atoms with Gasteiger partial charge in [-0.2, -0.15) is 18.3 Å². The van der Waals surface area contributed by atoms with E-state index in [2.05, 4.69) is 67.6 Å². The van der Waals surface area contributed by atoms with Crippen molar-refractivity contribution < 1.29 is 18.0 Å². The molecule has 0 radical (unpaired) electrons. The van der Waals surface area contributed by atoms with E-state index in [1.165, 1.54) is 11.8 Å². The molecule has 40 heavy (non-hydrogen) atoms. The number of hydrogen-bond donors (Lipinski definition) is 1. The maximum atomic E-state index is 14.1. The number of nitrogens with one attached hydrogen (secondary N) is 1. The predicted molar refractivity (Wildman–Crippen MR) is 153 cm³/mol. The molecule has 1 N–H and O–H groups in total. The number of carbonyl (C=O) groups excluding carboxylic acids is 1. The Bertz CT molecular complexity index is 1470. The molecule has 1 aliphatic rings. The summed E-state index contributed by atoms with van der Waals surface area (Å²) in [5, 5.41) is 7.29. The van der Waals surface area contributed by atoms with Gasteiger partial charge in [-0.05, 0) is 47.6 Å². The molecule has 7 heteroatoms. The third kappa shape index (κ3) is 5.17. The number of halogens is 3. The Morgan fingerprint density at radius 3 is 2.23 bits per heavy atom. The molecule has 2 atom stereocenters. The second kappa shape index (κ2) is 11.0. The predicted octanol–water partition coefficient (Wildman–Crippen LogP) is 8.85. The number of fused-ring (bicyclic) bond motifs is 1. The van der Waals surface area contributed by atoms with Crippen LogP contribution in [0.2, 0.25) is 0 Å². The highest BCUT2D eigenvalue weighted by Gasteiger charge is 2.47. The van der Waals surface area contributed by atoms with Gasteiger partial charge in [-0.25, -0.2) is 4.68 Å². The van der Waals surface area contributed by atoms with E-state index in [0.717, 1.165) is 26.9 Å². The zero-order valence-electron chi connectivity index (χ0n) is 23.0. The number of alkyl halides is 3. The number of nitrogens with zero attached hydrogens (tertiary/aromatic N) is 2. The molecule has 4 nitrogen and oxygen atoms in total. The molecule has 5 rings (SSSR count). The van der Waals surface area contributed by atoms with Gasteiger partial charge in [-0.15, -0.1) is 0 Å². The molecule has 0 saturated heterocycles. The van der Waals surface area contributed by atoms with Crippen molar-refractivity contribution in [3.8, 4) is 11.1 Å². The summed E-state index contributed by atoms with van der Waals surface area (Å²) in [7, 11) is 0. The van der Waals surface area contributed by atoms with Crippen LogP contribution in [0.25, 0.3) is 11.1 Å². The Morgan fingerprint density at radius 1 is 0.950 bits per heavy atom. The Kier molecular flexibility index (Phi) is 7.58. The Balaban J connectivity index is 1.46. The fourth-order valence-corrected chi connectivity index (χ4v) is 5.98. The summed E-state index contributed by atoms with van der Waals surface area (Å²) < 4.78 is 43.3. The number of hydrogen-bond acceptors (Lipinski definition) is 3. The van der Waals surface area contributed by atoms with Crippen LogP contribution < -0.4 is 5.32 Å². The molecule has 3 aromatic carbocycles. The molecular formula is C33H34F3N3O. The van der Waals surface area contributed by atoms with Crippen LogP contribution in [-0.4, -0.2) is 21.7 Å². The van der Waals surface area contributed by atoms with Crippen LogP contribution in [0.15, 0.2) is 85.1 Å². The lowest BCUT2D eigenvalue weighted by Crippen LogP contribution is -2.36. The van der Waals surface area contributed by atoms with E-state index in [4.69, 9.17) is 0 Å². The second-order valence-corrected chi connectivity index (χ2v) is 10.7. The molecule has 4 aromatic rings. The van der Waals surface area contributed by atoms with Gasteiger partial charge in [0.15, 0.2) is 11.8 Å². The molecule has 208 valence electrons. The number of Topliss-reactive ketones (excluding diaryl/α,β-unsaturated/α-hetero) is 1. The SMILES string of the molecule is CCC(CC)(CC(=O)c1cnn2c1NC(c1ccccc1)CC2C(F)(F)F)c1ccc(-c2ccccc2C)cc1. The largest absolute Gasteiger partial charge is 0.410 e. The molecule has 2 unspecified atom stereocenters. The van der Waals surface area contributed by atoms with E-state index in [1.54, 1.807) is 24.3 Å². The van der Waals surface area contributed by atoms with E-state index >= 15 is 0 Å². The van der Waals surface area contributed by atoms with Crippen molar-refractivity contribution in [1.29, 1.82) is 0 Å². The van der Waals surface area contributed by atoms with Gasteiger partial charge in [-0.3, -0.25) is 4.79 Å². The summed E-state index contributed by atoms with van der Waals surface area (Å²) in [6.45, 7) is 6.20. The topological polar surface area (TPSA) is 46.9 Å². The zero-order chi connectivity index (χ0) is 28.5. The van der Waals surface area contributed by atoms with Crippen molar-refractivity contribution in [2.75, 3.05) is 5.32 Å². The fourth-order valence-electron chi connectivity index (χ4n) is 5.98. The lowest BCUT2D eigenvalue weighted by molar-refractivity contribution is -0.173. The van der Waals surface area contributed by atoms with Gasteiger partial charge < -0.3 is 5.32 Å². The average molecular weight is 546 g/mol. The van der Waals surface area contributed by atoms with Crippen molar-refractivity contribution in [3.05, 3.63) is 107 Å². The first-order valence-electron chi connectivity index (χ1n) is 13.8. The second-order valence-electron chi connectivity index (χ2n) is 10.7. The van der Waals surface area contributed by atoms with Crippen molar-refractivity contribution in [2.24, 2.45) is 0 Å². The quantitative estimate of drug-likeness (QED) is 0.225. The van der Waals surface area contributed by atoms with Gasteiger partial charge in [0.05, 0.1) is 17.8 Å². The summed E-state index contributed by atoms with van der Waals surface area (Å²) in [5.41, 5.74) is 5.00. The number of aromatic nitrogens is 2. The third-order valence-electron chi connectivity index (χ3n) is 8.55. The van der Waals surface area contributed by atoms with E-state index in [-0.39, 0.29) is 30.0 Å². The molecule has 0 fully saturated rings. The van der Waals surface area contributed by atoms with Crippen LogP contribution in [0.5, 0.6) is 0 Å². The highest BCUT2D eigenvalue weighted by molar-refractivity contribution is 6.01. The number of ketones is 1. The number of rotatable bonds is 8. The molecule has 2 heterocycles. The Hall–Kier alpha value is -3.87. The summed E-state index contributed by atoms with van der Waals surface area (Å²) in [4.78, 5) is 13.8. The number of anilines is 1. The molecule has 0 spiro atoms. The summed E-state index contributed by atoms with van der Waals surface area (Å²) in [6, 6.07) is 23.2. The van der Waals surface area contributed by atoms with Crippen molar-refractivity contribution in [1.82, 2.24) is 9.78 Å². The number of aryl methyl sites for hydroxylation is 1. The molecule has 0 bridgehead atoms. The van der Waals surface area contributed by atoms with Gasteiger partial charge in [0, 0.05) is 18.3 Å². The molecule has 1 aliphatic heterocycles. The summed E-state index contributed by atoms with van der Waals surface area (Å²) >= 11 is 0. The monoisotopic (exact) mass is 545 g/mol. The van der Waals surface area contributed by atoms with E-state index < -0.39 is 23.7 Å². The number of carbonyl (C=O) groups is 1. The lowest BCUT2D eigenvalue weighted by atomic mass is 9.71. The maximum absolute atomic E-state index is 14.1. The Morgan fingerprint density at radius 2 is 1.60 bits per heavy atom. The van der Waals surface area contributed by atoms with Crippen LogP contribution in [0.4, 0.5) is 19.0 Å². The minimum absolute atomic E-state index is 0.142. The molecule has 0 amide bonds. The fraction of sp³-hybridized carbons (Fsp3) is 0.333. The van der Waals surface area contributed by atoms with Crippen LogP contribution >= 0.6 is 0 Å². The molecular weight excluding hydrogens is 511 g/mol. The minimum atomic E-state index is -4.49. The molecule has 1 aromatic heterocycles. The summed E-state index contributed by atoms with van der Waals surface area (Å²) in [5.74, 6) is -0.0708. The minimum Gasteiger partial charge on any atom is -0.363 e. The van der Waals surface area contributed by atoms with Gasteiger partial charge in [-0.1, -0.05) is 92.7 Å². The highest BCUT2D eigenvalue weighted by atomic mass is 19.4. The molecule has 0 saturated carbocycles. The van der Waals surface area contributed by atoms with Crippen LogP contribution in [0.3, 0.4) is 0 Å². The maximum Gasteiger partial charge on any atom is 0.410 e. The van der Waals surface area contributed by atoms with Crippen LogP contribution in [0, 0.1) is 6.92 Å². The Labute approximate surface area is 233 Å². The average Bonchev–Trinajstić information content (AvgIpc) is 3.40. The van der Waals surface area contributed by atoms with Crippen LogP contribution in [-0.2, 0) is 5.41 Å².